The van der Waals surface area contributed by atoms with E-state index >= 15 is 0 Å². The van der Waals surface area contributed by atoms with Crippen LogP contribution >= 0.6 is 11.6 Å². The molecule has 0 radical (unpaired) electrons. The molecule has 8 heteroatoms. The Balaban J connectivity index is 2.17. The number of aromatic nitrogens is 2. The van der Waals surface area contributed by atoms with Gasteiger partial charge < -0.3 is 10.3 Å². The Hall–Kier alpha value is -1.47. The average molecular weight is 320 g/mol. The van der Waals surface area contributed by atoms with Gasteiger partial charge in [-0.2, -0.15) is 13.2 Å². The van der Waals surface area contributed by atoms with Crippen molar-refractivity contribution in [1.29, 1.82) is 0 Å². The summed E-state index contributed by atoms with van der Waals surface area (Å²) in [5.74, 6) is 0. The Kier molecular flexibility index (Phi) is 3.49. The molecule has 0 saturated carbocycles. The van der Waals surface area contributed by atoms with Crippen LogP contribution in [0.5, 0.6) is 0 Å². The Labute approximate surface area is 122 Å². The van der Waals surface area contributed by atoms with E-state index in [1.807, 2.05) is 0 Å². The Morgan fingerprint density at radius 2 is 1.90 bits per heavy atom. The van der Waals surface area contributed by atoms with Crippen LogP contribution in [0.2, 0.25) is 5.02 Å². The standard InChI is InChI=1S/C13H13ClF3N3O/c14-9-6-11-10(5-8(9)13(15,16)17)19-12(21)20(11)7-1-3-18-4-2-7/h5-7,18H,1-4H2,(H,19,21). The highest BCUT2D eigenvalue weighted by Crippen LogP contribution is 2.37. The Morgan fingerprint density at radius 1 is 1.24 bits per heavy atom. The molecular weight excluding hydrogens is 307 g/mol. The SMILES string of the molecule is O=c1[nH]c2cc(C(F)(F)F)c(Cl)cc2n1C1CCNCC1. The third-order valence-corrected chi connectivity index (χ3v) is 4.10. The van der Waals surface area contributed by atoms with Gasteiger partial charge in [0.1, 0.15) is 0 Å². The molecule has 0 amide bonds. The zero-order valence-electron chi connectivity index (χ0n) is 10.9. The molecule has 21 heavy (non-hydrogen) atoms. The van der Waals surface area contributed by atoms with Crippen molar-refractivity contribution in [1.82, 2.24) is 14.9 Å². The van der Waals surface area contributed by atoms with Gasteiger partial charge in [-0.3, -0.25) is 4.57 Å². The number of alkyl halides is 3. The molecule has 1 aromatic heterocycles. The highest BCUT2D eigenvalue weighted by atomic mass is 35.5. The van der Waals surface area contributed by atoms with Crippen molar-refractivity contribution in [3.8, 4) is 0 Å². The number of nitrogens with zero attached hydrogens (tertiary/aromatic N) is 1. The van der Waals surface area contributed by atoms with Crippen LogP contribution in [-0.2, 0) is 6.18 Å². The predicted octanol–water partition coefficient (Wildman–Crippen LogP) is 2.93. The fourth-order valence-electron chi connectivity index (χ4n) is 2.79. The minimum Gasteiger partial charge on any atom is -0.317 e. The third kappa shape index (κ3) is 2.55. The summed E-state index contributed by atoms with van der Waals surface area (Å²) in [5, 5.41) is 2.79. The van der Waals surface area contributed by atoms with E-state index < -0.39 is 22.5 Å². The molecule has 0 atom stereocenters. The van der Waals surface area contributed by atoms with Gasteiger partial charge in [-0.15, -0.1) is 0 Å². The third-order valence-electron chi connectivity index (χ3n) is 3.78. The second-order valence-electron chi connectivity index (χ2n) is 5.13. The number of fused-ring (bicyclic) bond motifs is 1. The maximum Gasteiger partial charge on any atom is 0.417 e. The molecule has 1 fully saturated rings. The minimum absolute atomic E-state index is 0.0275. The van der Waals surface area contributed by atoms with Crippen LogP contribution in [0.15, 0.2) is 16.9 Å². The van der Waals surface area contributed by atoms with E-state index in [4.69, 9.17) is 11.6 Å². The maximum atomic E-state index is 12.8. The first-order valence-electron chi connectivity index (χ1n) is 6.59. The number of hydrogen-bond donors (Lipinski definition) is 2. The van der Waals surface area contributed by atoms with Gasteiger partial charge in [-0.05, 0) is 38.1 Å². The highest BCUT2D eigenvalue weighted by molar-refractivity contribution is 6.32. The van der Waals surface area contributed by atoms with Gasteiger partial charge in [-0.25, -0.2) is 4.79 Å². The van der Waals surface area contributed by atoms with Gasteiger partial charge in [-0.1, -0.05) is 11.6 Å². The summed E-state index contributed by atoms with van der Waals surface area (Å²) in [6.45, 7) is 1.55. The number of imidazole rings is 1. The maximum absolute atomic E-state index is 12.8. The Bertz CT molecular complexity index is 729. The van der Waals surface area contributed by atoms with Gasteiger partial charge in [0.05, 0.1) is 21.6 Å². The molecule has 0 aliphatic carbocycles. The molecule has 0 bridgehead atoms. The summed E-state index contributed by atoms with van der Waals surface area (Å²) in [7, 11) is 0. The first-order valence-corrected chi connectivity index (χ1v) is 6.97. The molecule has 1 aliphatic rings. The van der Waals surface area contributed by atoms with Crippen LogP contribution < -0.4 is 11.0 Å². The molecule has 1 aromatic carbocycles. The number of piperidine rings is 1. The Morgan fingerprint density at radius 3 is 2.52 bits per heavy atom. The number of halogens is 4. The van der Waals surface area contributed by atoms with E-state index in [1.165, 1.54) is 10.6 Å². The lowest BCUT2D eigenvalue weighted by Gasteiger charge is -2.24. The molecule has 114 valence electrons. The fraction of sp³-hybridized carbons (Fsp3) is 0.462. The molecule has 2 N–H and O–H groups in total. The van der Waals surface area contributed by atoms with Crippen LogP contribution in [0, 0.1) is 0 Å². The zero-order chi connectivity index (χ0) is 15.2. The van der Waals surface area contributed by atoms with E-state index in [1.54, 1.807) is 0 Å². The number of aromatic amines is 1. The molecule has 3 rings (SSSR count). The summed E-state index contributed by atoms with van der Waals surface area (Å²) < 4.78 is 40.1. The van der Waals surface area contributed by atoms with Gasteiger partial charge in [0.15, 0.2) is 0 Å². The summed E-state index contributed by atoms with van der Waals surface area (Å²) >= 11 is 5.75. The quantitative estimate of drug-likeness (QED) is 0.849. The highest BCUT2D eigenvalue weighted by Gasteiger charge is 2.34. The van der Waals surface area contributed by atoms with Crippen molar-refractivity contribution < 1.29 is 13.2 Å². The second-order valence-corrected chi connectivity index (χ2v) is 5.54. The topological polar surface area (TPSA) is 49.8 Å². The van der Waals surface area contributed by atoms with Gasteiger partial charge >= 0.3 is 11.9 Å². The van der Waals surface area contributed by atoms with Crippen LogP contribution in [0.4, 0.5) is 13.2 Å². The number of hydrogen-bond acceptors (Lipinski definition) is 2. The lowest BCUT2D eigenvalue weighted by molar-refractivity contribution is -0.137. The number of nitrogens with one attached hydrogen (secondary N) is 2. The molecular formula is C13H13ClF3N3O. The van der Waals surface area contributed by atoms with Crippen molar-refractivity contribution in [3.63, 3.8) is 0 Å². The van der Waals surface area contributed by atoms with E-state index in [-0.39, 0.29) is 11.6 Å². The number of rotatable bonds is 1. The number of benzene rings is 1. The van der Waals surface area contributed by atoms with Crippen molar-refractivity contribution in [3.05, 3.63) is 33.2 Å². The largest absolute Gasteiger partial charge is 0.417 e. The van der Waals surface area contributed by atoms with Crippen LogP contribution in [0.1, 0.15) is 24.4 Å². The number of H-pyrrole nitrogens is 1. The lowest BCUT2D eigenvalue weighted by Crippen LogP contribution is -2.33. The van der Waals surface area contributed by atoms with Gasteiger partial charge in [0.2, 0.25) is 0 Å². The molecule has 2 aromatic rings. The molecule has 0 unspecified atom stereocenters. The summed E-state index contributed by atoms with van der Waals surface area (Å²) in [4.78, 5) is 14.6. The normalized spacial score (nSPS) is 17.5. The van der Waals surface area contributed by atoms with E-state index in [0.29, 0.717) is 5.52 Å². The minimum atomic E-state index is -4.54. The first kappa shape index (κ1) is 14.5. The zero-order valence-corrected chi connectivity index (χ0v) is 11.7. The van der Waals surface area contributed by atoms with Crippen molar-refractivity contribution >= 4 is 22.6 Å². The first-order chi connectivity index (χ1) is 9.88. The molecule has 1 saturated heterocycles. The predicted molar refractivity (Wildman–Crippen MR) is 73.7 cm³/mol. The lowest BCUT2D eigenvalue weighted by atomic mass is 10.1. The van der Waals surface area contributed by atoms with Crippen LogP contribution in [0.3, 0.4) is 0 Å². The molecule has 4 nitrogen and oxygen atoms in total. The van der Waals surface area contributed by atoms with E-state index in [2.05, 4.69) is 10.3 Å². The van der Waals surface area contributed by atoms with E-state index in [9.17, 15) is 18.0 Å². The van der Waals surface area contributed by atoms with Crippen molar-refractivity contribution in [2.45, 2.75) is 25.1 Å². The fourth-order valence-corrected chi connectivity index (χ4v) is 3.06. The van der Waals surface area contributed by atoms with Crippen LogP contribution in [-0.4, -0.2) is 22.6 Å². The average Bonchev–Trinajstić information content (AvgIpc) is 2.73. The summed E-state index contributed by atoms with van der Waals surface area (Å²) in [6, 6.07) is 2.09. The summed E-state index contributed by atoms with van der Waals surface area (Å²) in [5.41, 5.74) is -0.747. The second kappa shape index (κ2) is 5.06. The monoisotopic (exact) mass is 319 g/mol. The smallest absolute Gasteiger partial charge is 0.317 e. The van der Waals surface area contributed by atoms with Gasteiger partial charge in [0.25, 0.3) is 0 Å². The van der Waals surface area contributed by atoms with Gasteiger partial charge in [0, 0.05) is 6.04 Å². The molecule has 2 heterocycles. The van der Waals surface area contributed by atoms with Crippen molar-refractivity contribution in [2.75, 3.05) is 13.1 Å². The van der Waals surface area contributed by atoms with Crippen LogP contribution in [0.25, 0.3) is 11.0 Å². The van der Waals surface area contributed by atoms with E-state index in [0.717, 1.165) is 32.0 Å². The summed E-state index contributed by atoms with van der Waals surface area (Å²) in [6.07, 6.45) is -3.03. The molecule has 1 aliphatic heterocycles. The van der Waals surface area contributed by atoms with Crippen molar-refractivity contribution in [2.24, 2.45) is 0 Å². The molecule has 0 spiro atoms.